The van der Waals surface area contributed by atoms with E-state index in [1.54, 1.807) is 13.2 Å². The average Bonchev–Trinajstić information content (AvgIpc) is 2.78. The smallest absolute Gasteiger partial charge is 0.247 e. The Morgan fingerprint density at radius 3 is 2.50 bits per heavy atom. The summed E-state index contributed by atoms with van der Waals surface area (Å²) >= 11 is 1.15. The molecule has 1 heterocycles. The van der Waals surface area contributed by atoms with E-state index >= 15 is 0 Å². The molecule has 0 aliphatic rings. The molecule has 0 aliphatic heterocycles. The van der Waals surface area contributed by atoms with Crippen LogP contribution >= 0.6 is 11.3 Å². The van der Waals surface area contributed by atoms with Crippen molar-refractivity contribution in [3.05, 3.63) is 35.9 Å². The SMILES string of the molecule is COc1cc(-c2ccc(S(N)(=O)=O)s2)ccc1C. The van der Waals surface area contributed by atoms with Crippen LogP contribution in [-0.2, 0) is 10.0 Å². The molecule has 2 rings (SSSR count). The summed E-state index contributed by atoms with van der Waals surface area (Å²) in [4.78, 5) is 0.845. The first kappa shape index (κ1) is 13.1. The Morgan fingerprint density at radius 1 is 1.22 bits per heavy atom. The first-order valence-corrected chi connectivity index (χ1v) is 7.56. The zero-order valence-electron chi connectivity index (χ0n) is 10.0. The van der Waals surface area contributed by atoms with Crippen LogP contribution in [0.2, 0.25) is 0 Å². The van der Waals surface area contributed by atoms with E-state index < -0.39 is 10.0 Å². The number of sulfonamides is 1. The lowest BCUT2D eigenvalue weighted by molar-refractivity contribution is 0.412. The van der Waals surface area contributed by atoms with E-state index in [-0.39, 0.29) is 4.21 Å². The predicted molar refractivity (Wildman–Crippen MR) is 72.4 cm³/mol. The maximum atomic E-state index is 11.2. The minimum Gasteiger partial charge on any atom is -0.496 e. The van der Waals surface area contributed by atoms with Gasteiger partial charge >= 0.3 is 0 Å². The van der Waals surface area contributed by atoms with Crippen LogP contribution in [0.4, 0.5) is 0 Å². The molecule has 6 heteroatoms. The molecule has 2 aromatic rings. The number of primary sulfonamides is 1. The van der Waals surface area contributed by atoms with Gasteiger partial charge in [0.25, 0.3) is 0 Å². The van der Waals surface area contributed by atoms with Crippen LogP contribution in [0.25, 0.3) is 10.4 Å². The Bertz CT molecular complexity index is 674. The summed E-state index contributed by atoms with van der Waals surface area (Å²) in [5, 5.41) is 5.09. The highest BCUT2D eigenvalue weighted by Gasteiger charge is 2.12. The van der Waals surface area contributed by atoms with E-state index in [2.05, 4.69) is 0 Å². The minimum absolute atomic E-state index is 0.164. The second kappa shape index (κ2) is 4.72. The molecule has 0 saturated heterocycles. The zero-order chi connectivity index (χ0) is 13.3. The van der Waals surface area contributed by atoms with Gasteiger partial charge < -0.3 is 4.74 Å². The Balaban J connectivity index is 2.46. The molecule has 1 aromatic heterocycles. The number of rotatable bonds is 3. The Hall–Kier alpha value is -1.37. The molecule has 0 fully saturated rings. The molecule has 1 aromatic carbocycles. The predicted octanol–water partition coefficient (Wildman–Crippen LogP) is 2.38. The minimum atomic E-state index is -3.63. The molecule has 4 nitrogen and oxygen atoms in total. The van der Waals surface area contributed by atoms with Crippen LogP contribution in [0.3, 0.4) is 0 Å². The Kier molecular flexibility index (Phi) is 3.43. The van der Waals surface area contributed by atoms with Crippen LogP contribution in [0.1, 0.15) is 5.56 Å². The number of aryl methyl sites for hydroxylation is 1. The lowest BCUT2D eigenvalue weighted by Gasteiger charge is -2.06. The zero-order valence-corrected chi connectivity index (χ0v) is 11.6. The van der Waals surface area contributed by atoms with Gasteiger partial charge in [0.1, 0.15) is 9.96 Å². The number of benzene rings is 1. The molecule has 0 atom stereocenters. The highest BCUT2D eigenvalue weighted by molar-refractivity contribution is 7.91. The summed E-state index contributed by atoms with van der Waals surface area (Å²) in [6.07, 6.45) is 0. The van der Waals surface area contributed by atoms with Crippen molar-refractivity contribution in [2.24, 2.45) is 5.14 Å². The van der Waals surface area contributed by atoms with E-state index in [4.69, 9.17) is 9.88 Å². The maximum absolute atomic E-state index is 11.2. The van der Waals surface area contributed by atoms with Crippen molar-refractivity contribution in [2.45, 2.75) is 11.1 Å². The molecular formula is C12H13NO3S2. The van der Waals surface area contributed by atoms with Gasteiger partial charge in [-0.05, 0) is 36.2 Å². The van der Waals surface area contributed by atoms with Gasteiger partial charge in [0.05, 0.1) is 7.11 Å². The first-order chi connectivity index (χ1) is 8.41. The van der Waals surface area contributed by atoms with E-state index in [0.29, 0.717) is 0 Å². The van der Waals surface area contributed by atoms with Gasteiger partial charge in [-0.1, -0.05) is 12.1 Å². The van der Waals surface area contributed by atoms with Gasteiger partial charge in [-0.3, -0.25) is 0 Å². The van der Waals surface area contributed by atoms with E-state index in [9.17, 15) is 8.42 Å². The molecular weight excluding hydrogens is 270 g/mol. The molecule has 96 valence electrons. The molecule has 0 saturated carbocycles. The lowest BCUT2D eigenvalue weighted by Crippen LogP contribution is -2.09. The monoisotopic (exact) mass is 283 g/mol. The Labute approximate surface area is 110 Å². The summed E-state index contributed by atoms with van der Waals surface area (Å²) in [5.74, 6) is 0.776. The number of hydrogen-bond donors (Lipinski definition) is 1. The highest BCUT2D eigenvalue weighted by atomic mass is 32.2. The van der Waals surface area contributed by atoms with Crippen molar-refractivity contribution in [1.29, 1.82) is 0 Å². The second-order valence-corrected chi connectivity index (χ2v) is 6.72. The Morgan fingerprint density at radius 2 is 1.94 bits per heavy atom. The van der Waals surface area contributed by atoms with Crippen molar-refractivity contribution < 1.29 is 13.2 Å². The van der Waals surface area contributed by atoms with Crippen LogP contribution < -0.4 is 9.88 Å². The van der Waals surface area contributed by atoms with Gasteiger partial charge in [-0.15, -0.1) is 11.3 Å². The number of ether oxygens (including phenoxy) is 1. The maximum Gasteiger partial charge on any atom is 0.247 e. The highest BCUT2D eigenvalue weighted by Crippen LogP contribution is 2.33. The third-order valence-corrected chi connectivity index (χ3v) is 5.13. The molecule has 0 unspecified atom stereocenters. The van der Waals surface area contributed by atoms with Gasteiger partial charge in [0.2, 0.25) is 10.0 Å². The van der Waals surface area contributed by atoms with E-state index in [1.165, 1.54) is 6.07 Å². The number of methoxy groups -OCH3 is 1. The van der Waals surface area contributed by atoms with Crippen LogP contribution in [-0.4, -0.2) is 15.5 Å². The average molecular weight is 283 g/mol. The molecule has 2 N–H and O–H groups in total. The van der Waals surface area contributed by atoms with Crippen LogP contribution in [0.15, 0.2) is 34.5 Å². The van der Waals surface area contributed by atoms with Crippen LogP contribution in [0.5, 0.6) is 5.75 Å². The summed E-state index contributed by atoms with van der Waals surface area (Å²) in [5.41, 5.74) is 1.95. The van der Waals surface area contributed by atoms with Gasteiger partial charge in [-0.2, -0.15) is 0 Å². The quantitative estimate of drug-likeness (QED) is 0.940. The van der Waals surface area contributed by atoms with Crippen molar-refractivity contribution in [2.75, 3.05) is 7.11 Å². The summed E-state index contributed by atoms with van der Waals surface area (Å²) in [7, 11) is -2.02. The number of thiophene rings is 1. The first-order valence-electron chi connectivity index (χ1n) is 5.19. The molecule has 0 radical (unpaired) electrons. The van der Waals surface area contributed by atoms with Crippen molar-refractivity contribution in [3.8, 4) is 16.2 Å². The van der Waals surface area contributed by atoms with Gasteiger partial charge in [-0.25, -0.2) is 13.6 Å². The van der Waals surface area contributed by atoms with Gasteiger partial charge in [0.15, 0.2) is 0 Å². The van der Waals surface area contributed by atoms with Crippen molar-refractivity contribution in [1.82, 2.24) is 0 Å². The third kappa shape index (κ3) is 2.55. The standard InChI is InChI=1S/C12H13NO3S2/c1-8-3-4-9(7-10(8)16-2)11-5-6-12(17-11)18(13,14)15/h3-7H,1-2H3,(H2,13,14,15). The fourth-order valence-electron chi connectivity index (χ4n) is 1.60. The largest absolute Gasteiger partial charge is 0.496 e. The number of hydrogen-bond acceptors (Lipinski definition) is 4. The molecule has 0 aliphatic carbocycles. The normalized spacial score (nSPS) is 11.5. The molecule has 0 bridgehead atoms. The van der Waals surface area contributed by atoms with E-state index in [1.807, 2.05) is 25.1 Å². The molecule has 0 amide bonds. The second-order valence-electron chi connectivity index (χ2n) is 3.85. The fraction of sp³-hybridized carbons (Fsp3) is 0.167. The summed E-state index contributed by atoms with van der Waals surface area (Å²) in [6.45, 7) is 1.95. The fourth-order valence-corrected chi connectivity index (χ4v) is 3.33. The molecule has 18 heavy (non-hydrogen) atoms. The van der Waals surface area contributed by atoms with Crippen molar-refractivity contribution >= 4 is 21.4 Å². The topological polar surface area (TPSA) is 69.4 Å². The van der Waals surface area contributed by atoms with Gasteiger partial charge in [0, 0.05) is 4.88 Å². The molecule has 0 spiro atoms. The summed E-state index contributed by atoms with van der Waals surface area (Å²) in [6, 6.07) is 9.01. The lowest BCUT2D eigenvalue weighted by atomic mass is 10.1. The third-order valence-electron chi connectivity index (χ3n) is 2.55. The van der Waals surface area contributed by atoms with Crippen molar-refractivity contribution in [3.63, 3.8) is 0 Å². The summed E-state index contributed by atoms with van der Waals surface area (Å²) < 4.78 is 27.8. The van der Waals surface area contributed by atoms with Crippen LogP contribution in [0, 0.1) is 6.92 Å². The van der Waals surface area contributed by atoms with E-state index in [0.717, 1.165) is 33.1 Å². The number of nitrogens with two attached hydrogens (primary N) is 1.